The highest BCUT2D eigenvalue weighted by molar-refractivity contribution is 5.94. The van der Waals surface area contributed by atoms with Crippen molar-refractivity contribution in [1.82, 2.24) is 15.5 Å². The van der Waals surface area contributed by atoms with Gasteiger partial charge >= 0.3 is 11.9 Å². The van der Waals surface area contributed by atoms with E-state index >= 15 is 0 Å². The highest BCUT2D eigenvalue weighted by atomic mass is 16.4. The Morgan fingerprint density at radius 3 is 2.31 bits per heavy atom. The standard InChI is InChI=1S/C18H31N7O7/c19-9-13(26)23-10(3-1-7-22-18(20)21)15(29)24-11(5-6-14(27)28)16(30)25-8-2-4-12(25)17(31)32/h10-12H,1-9,19H2,(H,23,26)(H,24,29)(H,27,28)(H,31,32)(H4,20,21,22). The molecule has 0 aromatic heterocycles. The number of guanidine groups is 1. The summed E-state index contributed by atoms with van der Waals surface area (Å²) in [5, 5.41) is 23.2. The Balaban J connectivity index is 2.96. The lowest BCUT2D eigenvalue weighted by molar-refractivity contribution is -0.150. The van der Waals surface area contributed by atoms with E-state index in [0.717, 1.165) is 4.90 Å². The quantitative estimate of drug-likeness (QED) is 0.0834. The van der Waals surface area contributed by atoms with Gasteiger partial charge in [0.25, 0.3) is 0 Å². The molecule has 14 nitrogen and oxygen atoms in total. The Hall–Kier alpha value is -3.42. The molecule has 3 unspecified atom stereocenters. The molecule has 0 radical (unpaired) electrons. The summed E-state index contributed by atoms with van der Waals surface area (Å²) in [7, 11) is 0. The number of carboxylic acid groups (broad SMARTS) is 2. The van der Waals surface area contributed by atoms with E-state index in [9.17, 15) is 29.1 Å². The number of hydrogen-bond donors (Lipinski definition) is 7. The topological polar surface area (TPSA) is 244 Å². The normalized spacial score (nSPS) is 17.2. The molecule has 0 saturated carbocycles. The number of aliphatic carboxylic acids is 2. The number of amides is 3. The Kier molecular flexibility index (Phi) is 10.9. The maximum absolute atomic E-state index is 12.9. The molecule has 32 heavy (non-hydrogen) atoms. The molecular weight excluding hydrogens is 426 g/mol. The predicted molar refractivity (Wildman–Crippen MR) is 112 cm³/mol. The average Bonchev–Trinajstić information content (AvgIpc) is 3.22. The van der Waals surface area contributed by atoms with Crippen molar-refractivity contribution in [2.75, 3.05) is 19.6 Å². The summed E-state index contributed by atoms with van der Waals surface area (Å²) in [6.07, 6.45) is 0.515. The number of carboxylic acids is 2. The Bertz CT molecular complexity index is 739. The zero-order valence-corrected chi connectivity index (χ0v) is 17.7. The van der Waals surface area contributed by atoms with Crippen molar-refractivity contribution in [2.24, 2.45) is 22.2 Å². The minimum atomic E-state index is -1.27. The van der Waals surface area contributed by atoms with Gasteiger partial charge in [-0.3, -0.25) is 24.2 Å². The number of likely N-dealkylation sites (tertiary alicyclic amines) is 1. The molecular formula is C18H31N7O7. The molecule has 1 saturated heterocycles. The molecule has 0 aliphatic carbocycles. The van der Waals surface area contributed by atoms with Crippen LogP contribution in [-0.4, -0.2) is 88.5 Å². The van der Waals surface area contributed by atoms with E-state index in [1.165, 1.54) is 0 Å². The SMILES string of the molecule is NCC(=O)NC(CCCN=C(N)N)C(=O)NC(CCC(=O)O)C(=O)N1CCCC1C(=O)O. The molecule has 1 fully saturated rings. The van der Waals surface area contributed by atoms with E-state index in [1.807, 2.05) is 0 Å². The fraction of sp³-hybridized carbons (Fsp3) is 0.667. The molecule has 180 valence electrons. The van der Waals surface area contributed by atoms with Gasteiger partial charge in [-0.05, 0) is 32.1 Å². The van der Waals surface area contributed by atoms with Gasteiger partial charge in [-0.1, -0.05) is 0 Å². The second kappa shape index (κ2) is 13.1. The van der Waals surface area contributed by atoms with Crippen molar-refractivity contribution in [1.29, 1.82) is 0 Å². The van der Waals surface area contributed by atoms with Crippen LogP contribution in [0.25, 0.3) is 0 Å². The van der Waals surface area contributed by atoms with E-state index in [2.05, 4.69) is 15.6 Å². The lowest BCUT2D eigenvalue weighted by atomic mass is 10.1. The van der Waals surface area contributed by atoms with Gasteiger partial charge in [-0.25, -0.2) is 4.79 Å². The molecule has 0 aromatic carbocycles. The van der Waals surface area contributed by atoms with Crippen LogP contribution in [0.5, 0.6) is 0 Å². The minimum absolute atomic E-state index is 0.121. The largest absolute Gasteiger partial charge is 0.481 e. The van der Waals surface area contributed by atoms with Crippen LogP contribution < -0.4 is 27.8 Å². The average molecular weight is 457 g/mol. The molecule has 1 aliphatic rings. The molecule has 0 spiro atoms. The summed E-state index contributed by atoms with van der Waals surface area (Å²) in [6, 6.07) is -3.39. The first-order valence-electron chi connectivity index (χ1n) is 10.2. The van der Waals surface area contributed by atoms with Crippen molar-refractivity contribution < 1.29 is 34.2 Å². The number of hydrogen-bond acceptors (Lipinski definition) is 7. The first kappa shape index (κ1) is 26.6. The van der Waals surface area contributed by atoms with Crippen LogP contribution in [0.3, 0.4) is 0 Å². The Morgan fingerprint density at radius 1 is 1.06 bits per heavy atom. The van der Waals surface area contributed by atoms with Crippen molar-refractivity contribution in [3.8, 4) is 0 Å². The predicted octanol–water partition coefficient (Wildman–Crippen LogP) is -3.09. The molecule has 14 heteroatoms. The van der Waals surface area contributed by atoms with Crippen LogP contribution in [0.4, 0.5) is 0 Å². The Morgan fingerprint density at radius 2 is 1.75 bits per heavy atom. The molecule has 0 aromatic rings. The van der Waals surface area contributed by atoms with Gasteiger partial charge in [-0.15, -0.1) is 0 Å². The summed E-state index contributed by atoms with van der Waals surface area (Å²) < 4.78 is 0. The molecule has 1 aliphatic heterocycles. The van der Waals surface area contributed by atoms with E-state index in [0.29, 0.717) is 12.8 Å². The van der Waals surface area contributed by atoms with Crippen LogP contribution in [0.15, 0.2) is 4.99 Å². The van der Waals surface area contributed by atoms with Crippen LogP contribution in [0, 0.1) is 0 Å². The number of nitrogens with one attached hydrogen (secondary N) is 2. The number of carbonyl (C=O) groups excluding carboxylic acids is 3. The molecule has 0 bridgehead atoms. The van der Waals surface area contributed by atoms with Crippen LogP contribution >= 0.6 is 0 Å². The van der Waals surface area contributed by atoms with Crippen LogP contribution in [0.2, 0.25) is 0 Å². The number of aliphatic imine (C=N–C) groups is 1. The van der Waals surface area contributed by atoms with Gasteiger partial charge in [0.1, 0.15) is 18.1 Å². The van der Waals surface area contributed by atoms with Gasteiger partial charge in [0.2, 0.25) is 17.7 Å². The van der Waals surface area contributed by atoms with E-state index in [-0.39, 0.29) is 44.9 Å². The summed E-state index contributed by atoms with van der Waals surface area (Å²) >= 11 is 0. The summed E-state index contributed by atoms with van der Waals surface area (Å²) in [5.74, 6) is -4.51. The van der Waals surface area contributed by atoms with Crippen LogP contribution in [-0.2, 0) is 24.0 Å². The third-order valence-electron chi connectivity index (χ3n) is 4.86. The second-order valence-electron chi connectivity index (χ2n) is 7.29. The third kappa shape index (κ3) is 8.75. The Labute approximate surface area is 184 Å². The van der Waals surface area contributed by atoms with Gasteiger partial charge in [0.05, 0.1) is 6.54 Å². The van der Waals surface area contributed by atoms with Gasteiger partial charge in [0.15, 0.2) is 5.96 Å². The first-order valence-corrected chi connectivity index (χ1v) is 10.2. The number of carbonyl (C=O) groups is 5. The zero-order chi connectivity index (χ0) is 24.3. The molecule has 10 N–H and O–H groups in total. The fourth-order valence-corrected chi connectivity index (χ4v) is 3.31. The number of rotatable bonds is 13. The van der Waals surface area contributed by atoms with Crippen molar-refractivity contribution in [3.05, 3.63) is 0 Å². The molecule has 1 heterocycles. The maximum atomic E-state index is 12.9. The smallest absolute Gasteiger partial charge is 0.326 e. The molecule has 1 rings (SSSR count). The molecule has 3 amide bonds. The third-order valence-corrected chi connectivity index (χ3v) is 4.86. The zero-order valence-electron chi connectivity index (χ0n) is 17.7. The van der Waals surface area contributed by atoms with Crippen LogP contribution in [0.1, 0.15) is 38.5 Å². The monoisotopic (exact) mass is 457 g/mol. The highest BCUT2D eigenvalue weighted by Crippen LogP contribution is 2.19. The van der Waals surface area contributed by atoms with Crippen molar-refractivity contribution in [2.45, 2.75) is 56.7 Å². The highest BCUT2D eigenvalue weighted by Gasteiger charge is 2.38. The molecule has 3 atom stereocenters. The number of nitrogens with zero attached hydrogens (tertiary/aromatic N) is 2. The van der Waals surface area contributed by atoms with E-state index in [4.69, 9.17) is 22.3 Å². The van der Waals surface area contributed by atoms with Gasteiger partial charge < -0.3 is 42.9 Å². The van der Waals surface area contributed by atoms with E-state index in [1.54, 1.807) is 0 Å². The fourth-order valence-electron chi connectivity index (χ4n) is 3.31. The van der Waals surface area contributed by atoms with Gasteiger partial charge in [0, 0.05) is 19.5 Å². The van der Waals surface area contributed by atoms with Gasteiger partial charge in [-0.2, -0.15) is 0 Å². The van der Waals surface area contributed by atoms with E-state index < -0.39 is 54.2 Å². The lowest BCUT2D eigenvalue weighted by Gasteiger charge is -2.28. The first-order chi connectivity index (χ1) is 15.1. The summed E-state index contributed by atoms with van der Waals surface area (Å²) in [5.41, 5.74) is 15.8. The van der Waals surface area contributed by atoms with Crippen molar-refractivity contribution in [3.63, 3.8) is 0 Å². The minimum Gasteiger partial charge on any atom is -0.481 e. The second-order valence-corrected chi connectivity index (χ2v) is 7.29. The lowest BCUT2D eigenvalue weighted by Crippen LogP contribution is -2.56. The van der Waals surface area contributed by atoms with Crippen molar-refractivity contribution >= 4 is 35.6 Å². The maximum Gasteiger partial charge on any atom is 0.326 e. The summed E-state index contributed by atoms with van der Waals surface area (Å²) in [6.45, 7) is 0.00820. The number of nitrogens with two attached hydrogens (primary N) is 3. The summed E-state index contributed by atoms with van der Waals surface area (Å²) in [4.78, 5) is 64.9.